The molecule has 1 atom stereocenters. The number of hydrogen-bond donors (Lipinski definition) is 2. The Morgan fingerprint density at radius 1 is 1.08 bits per heavy atom. The summed E-state index contributed by atoms with van der Waals surface area (Å²) in [6.45, 7) is 2.04. The van der Waals surface area contributed by atoms with E-state index in [2.05, 4.69) is 18.0 Å². The molecule has 132 valence electrons. The number of H-pyrrole nitrogens is 1. The first kappa shape index (κ1) is 17.5. The second-order valence-corrected chi connectivity index (χ2v) is 6.12. The van der Waals surface area contributed by atoms with Gasteiger partial charge in [0.05, 0.1) is 5.56 Å². The fraction of sp³-hybridized carbons (Fsp3) is 0.300. The molecule has 0 spiro atoms. The van der Waals surface area contributed by atoms with E-state index in [9.17, 15) is 18.3 Å². The lowest BCUT2D eigenvalue weighted by Gasteiger charge is -2.17. The van der Waals surface area contributed by atoms with Gasteiger partial charge < -0.3 is 10.1 Å². The van der Waals surface area contributed by atoms with Gasteiger partial charge in [-0.25, -0.2) is 0 Å². The molecule has 0 saturated heterocycles. The SMILES string of the molecule is CCc1cccc2c(C(CCO)c3ccc(C(F)(F)F)cc3)c[nH]c12. The Bertz CT molecular complexity index is 849. The van der Waals surface area contributed by atoms with Crippen LogP contribution in [-0.2, 0) is 12.6 Å². The monoisotopic (exact) mass is 347 g/mol. The molecule has 3 rings (SSSR count). The van der Waals surface area contributed by atoms with Crippen LogP contribution in [0.1, 0.15) is 41.5 Å². The topological polar surface area (TPSA) is 36.0 Å². The summed E-state index contributed by atoms with van der Waals surface area (Å²) in [6, 6.07) is 11.3. The number of benzene rings is 2. The third kappa shape index (κ3) is 3.42. The first-order chi connectivity index (χ1) is 12.0. The molecule has 0 aliphatic heterocycles. The van der Waals surface area contributed by atoms with Gasteiger partial charge in [0.2, 0.25) is 0 Å². The molecule has 3 aromatic rings. The van der Waals surface area contributed by atoms with Gasteiger partial charge in [0.25, 0.3) is 0 Å². The lowest BCUT2D eigenvalue weighted by atomic mass is 9.87. The molecule has 0 aliphatic carbocycles. The quantitative estimate of drug-likeness (QED) is 0.648. The van der Waals surface area contributed by atoms with Gasteiger partial charge in [0.15, 0.2) is 0 Å². The predicted molar refractivity (Wildman–Crippen MR) is 92.7 cm³/mol. The summed E-state index contributed by atoms with van der Waals surface area (Å²) in [7, 11) is 0. The average molecular weight is 347 g/mol. The summed E-state index contributed by atoms with van der Waals surface area (Å²) in [5.74, 6) is -0.159. The number of halogens is 3. The van der Waals surface area contributed by atoms with Gasteiger partial charge in [-0.1, -0.05) is 37.3 Å². The van der Waals surface area contributed by atoms with E-state index in [1.54, 1.807) is 0 Å². The van der Waals surface area contributed by atoms with Crippen molar-refractivity contribution in [2.45, 2.75) is 31.9 Å². The number of hydrogen-bond acceptors (Lipinski definition) is 1. The highest BCUT2D eigenvalue weighted by molar-refractivity contribution is 5.87. The van der Waals surface area contributed by atoms with Crippen LogP contribution in [0.4, 0.5) is 13.2 Å². The Balaban J connectivity index is 2.05. The molecule has 0 aliphatic rings. The summed E-state index contributed by atoms with van der Waals surface area (Å²) in [5, 5.41) is 10.5. The molecule has 0 bridgehead atoms. The van der Waals surface area contributed by atoms with Crippen LogP contribution in [-0.4, -0.2) is 16.7 Å². The van der Waals surface area contributed by atoms with E-state index in [4.69, 9.17) is 0 Å². The van der Waals surface area contributed by atoms with Gasteiger partial charge in [-0.15, -0.1) is 0 Å². The second kappa shape index (κ2) is 6.92. The zero-order chi connectivity index (χ0) is 18.0. The maximum atomic E-state index is 12.8. The van der Waals surface area contributed by atoms with E-state index in [0.717, 1.165) is 40.6 Å². The molecule has 2 N–H and O–H groups in total. The van der Waals surface area contributed by atoms with E-state index in [1.165, 1.54) is 17.7 Å². The Morgan fingerprint density at radius 3 is 2.40 bits per heavy atom. The van der Waals surface area contributed by atoms with Crippen molar-refractivity contribution in [1.82, 2.24) is 4.98 Å². The van der Waals surface area contributed by atoms with Crippen LogP contribution >= 0.6 is 0 Å². The summed E-state index contributed by atoms with van der Waals surface area (Å²) < 4.78 is 38.4. The molecule has 2 nitrogen and oxygen atoms in total. The van der Waals surface area contributed by atoms with Gasteiger partial charge >= 0.3 is 6.18 Å². The number of fused-ring (bicyclic) bond motifs is 1. The first-order valence-electron chi connectivity index (χ1n) is 8.32. The minimum Gasteiger partial charge on any atom is -0.396 e. The van der Waals surface area contributed by atoms with Crippen LogP contribution in [0.3, 0.4) is 0 Å². The summed E-state index contributed by atoms with van der Waals surface area (Å²) in [4.78, 5) is 3.29. The molecular weight excluding hydrogens is 327 g/mol. The van der Waals surface area contributed by atoms with Crippen LogP contribution in [0.2, 0.25) is 0 Å². The number of nitrogens with one attached hydrogen (secondary N) is 1. The third-order valence-corrected chi connectivity index (χ3v) is 4.65. The number of aromatic amines is 1. The van der Waals surface area contributed by atoms with Crippen molar-refractivity contribution in [2.75, 3.05) is 6.61 Å². The van der Waals surface area contributed by atoms with Gasteiger partial charge in [-0.2, -0.15) is 13.2 Å². The third-order valence-electron chi connectivity index (χ3n) is 4.65. The smallest absolute Gasteiger partial charge is 0.396 e. The van der Waals surface area contributed by atoms with E-state index >= 15 is 0 Å². The molecule has 0 saturated carbocycles. The van der Waals surface area contributed by atoms with Crippen molar-refractivity contribution in [3.63, 3.8) is 0 Å². The zero-order valence-corrected chi connectivity index (χ0v) is 13.9. The van der Waals surface area contributed by atoms with Crippen LogP contribution in [0.5, 0.6) is 0 Å². The molecule has 1 heterocycles. The largest absolute Gasteiger partial charge is 0.416 e. The van der Waals surface area contributed by atoms with Crippen LogP contribution in [0.25, 0.3) is 10.9 Å². The van der Waals surface area contributed by atoms with Gasteiger partial charge in [0.1, 0.15) is 0 Å². The average Bonchev–Trinajstić information content (AvgIpc) is 3.03. The van der Waals surface area contributed by atoms with E-state index in [1.807, 2.05) is 18.3 Å². The highest BCUT2D eigenvalue weighted by atomic mass is 19.4. The standard InChI is InChI=1S/C20H20F3NO/c1-2-13-4-3-5-17-18(12-24-19(13)17)16(10-11-25)14-6-8-15(9-7-14)20(21,22)23/h3-9,12,16,24-25H,2,10-11H2,1H3. The van der Waals surface area contributed by atoms with Gasteiger partial charge in [-0.3, -0.25) is 0 Å². The number of aliphatic hydroxyl groups excluding tert-OH is 1. The number of aryl methyl sites for hydroxylation is 1. The van der Waals surface area contributed by atoms with Crippen molar-refractivity contribution in [1.29, 1.82) is 0 Å². The molecular formula is C20H20F3NO. The van der Waals surface area contributed by atoms with Crippen LogP contribution in [0, 0.1) is 0 Å². The van der Waals surface area contributed by atoms with Crippen molar-refractivity contribution < 1.29 is 18.3 Å². The fourth-order valence-corrected chi connectivity index (χ4v) is 3.36. The second-order valence-electron chi connectivity index (χ2n) is 6.12. The first-order valence-corrected chi connectivity index (χ1v) is 8.32. The number of aliphatic hydroxyl groups is 1. The van der Waals surface area contributed by atoms with Crippen LogP contribution < -0.4 is 0 Å². The Labute approximate surface area is 144 Å². The van der Waals surface area contributed by atoms with Gasteiger partial charge in [0, 0.05) is 29.6 Å². The molecule has 2 aromatic carbocycles. The van der Waals surface area contributed by atoms with Crippen LogP contribution in [0.15, 0.2) is 48.7 Å². The normalized spacial score (nSPS) is 13.3. The maximum absolute atomic E-state index is 12.8. The highest BCUT2D eigenvalue weighted by Crippen LogP contribution is 2.36. The van der Waals surface area contributed by atoms with E-state index in [-0.39, 0.29) is 12.5 Å². The number of alkyl halides is 3. The van der Waals surface area contributed by atoms with Crippen molar-refractivity contribution >= 4 is 10.9 Å². The van der Waals surface area contributed by atoms with Crippen molar-refractivity contribution in [3.05, 3.63) is 70.9 Å². The highest BCUT2D eigenvalue weighted by Gasteiger charge is 2.30. The zero-order valence-electron chi connectivity index (χ0n) is 13.9. The molecule has 25 heavy (non-hydrogen) atoms. The number of aromatic nitrogens is 1. The fourth-order valence-electron chi connectivity index (χ4n) is 3.36. The minimum atomic E-state index is -4.35. The van der Waals surface area contributed by atoms with Crippen molar-refractivity contribution in [3.8, 4) is 0 Å². The lowest BCUT2D eigenvalue weighted by molar-refractivity contribution is -0.137. The van der Waals surface area contributed by atoms with Crippen molar-refractivity contribution in [2.24, 2.45) is 0 Å². The summed E-state index contributed by atoms with van der Waals surface area (Å²) in [6.07, 6.45) is -1.10. The molecule has 1 unspecified atom stereocenters. The molecule has 1 aromatic heterocycles. The Hall–Kier alpha value is -2.27. The number of rotatable bonds is 5. The summed E-state index contributed by atoms with van der Waals surface area (Å²) in [5.41, 5.74) is 3.35. The Kier molecular flexibility index (Phi) is 4.86. The summed E-state index contributed by atoms with van der Waals surface area (Å²) >= 11 is 0. The molecule has 0 fully saturated rings. The number of para-hydroxylation sites is 1. The molecule has 5 heteroatoms. The van der Waals surface area contributed by atoms with Gasteiger partial charge in [-0.05, 0) is 41.7 Å². The maximum Gasteiger partial charge on any atom is 0.416 e. The lowest BCUT2D eigenvalue weighted by Crippen LogP contribution is -2.07. The van der Waals surface area contributed by atoms with E-state index < -0.39 is 11.7 Å². The predicted octanol–water partition coefficient (Wildman–Crippen LogP) is 5.26. The van der Waals surface area contributed by atoms with E-state index in [0.29, 0.717) is 6.42 Å². The molecule has 0 radical (unpaired) electrons. The minimum absolute atomic E-state index is 0.0359. The molecule has 0 amide bonds. The Morgan fingerprint density at radius 2 is 1.80 bits per heavy atom.